The summed E-state index contributed by atoms with van der Waals surface area (Å²) in [6.07, 6.45) is 0.251. The Morgan fingerprint density at radius 1 is 1.69 bits per heavy atom. The average Bonchev–Trinajstić information content (AvgIpc) is 2.49. The first-order valence-electron chi connectivity index (χ1n) is 4.93. The zero-order valence-electron chi connectivity index (χ0n) is 9.74. The third kappa shape index (κ3) is 4.16. The Bertz CT molecular complexity index is 363. The van der Waals surface area contributed by atoms with Gasteiger partial charge in [-0.05, 0) is 13.8 Å². The normalized spacial score (nSPS) is 11.4. The van der Waals surface area contributed by atoms with E-state index in [2.05, 4.69) is 10.3 Å². The molecule has 0 aliphatic carbocycles. The number of carbonyl (C=O) groups excluding carboxylic acids is 1. The first-order chi connectivity index (χ1) is 7.43. The van der Waals surface area contributed by atoms with Crippen molar-refractivity contribution in [1.82, 2.24) is 10.3 Å². The van der Waals surface area contributed by atoms with Crippen LogP contribution >= 0.6 is 11.3 Å². The van der Waals surface area contributed by atoms with E-state index in [0.29, 0.717) is 17.4 Å². The van der Waals surface area contributed by atoms with Crippen molar-refractivity contribution < 1.29 is 9.53 Å². The van der Waals surface area contributed by atoms with E-state index in [0.717, 1.165) is 0 Å². The monoisotopic (exact) mass is 243 g/mol. The van der Waals surface area contributed by atoms with Gasteiger partial charge in [0.1, 0.15) is 0 Å². The number of ether oxygens (including phenoxy) is 1. The summed E-state index contributed by atoms with van der Waals surface area (Å²) < 4.78 is 5.01. The van der Waals surface area contributed by atoms with E-state index in [1.807, 2.05) is 13.8 Å². The topological polar surface area (TPSA) is 77.2 Å². The predicted molar refractivity (Wildman–Crippen MR) is 64.3 cm³/mol. The molecule has 0 bridgehead atoms. The Kier molecular flexibility index (Phi) is 4.26. The first kappa shape index (κ1) is 12.9. The Hall–Kier alpha value is -1.14. The van der Waals surface area contributed by atoms with Gasteiger partial charge < -0.3 is 15.8 Å². The largest absolute Gasteiger partial charge is 0.382 e. The van der Waals surface area contributed by atoms with Crippen molar-refractivity contribution in [2.24, 2.45) is 0 Å². The molecule has 5 nitrogen and oxygen atoms in total. The minimum Gasteiger partial charge on any atom is -0.382 e. The molecule has 0 aliphatic heterocycles. The van der Waals surface area contributed by atoms with Gasteiger partial charge in [0.2, 0.25) is 5.91 Å². The van der Waals surface area contributed by atoms with Crippen LogP contribution in [-0.2, 0) is 16.0 Å². The van der Waals surface area contributed by atoms with Crippen molar-refractivity contribution >= 4 is 22.4 Å². The molecular formula is C10H17N3O2S. The number of nitrogen functional groups attached to an aromatic ring is 1. The number of nitrogens with two attached hydrogens (primary N) is 1. The van der Waals surface area contributed by atoms with Gasteiger partial charge in [-0.1, -0.05) is 0 Å². The fraction of sp³-hybridized carbons (Fsp3) is 0.600. The maximum atomic E-state index is 11.7. The third-order valence-electron chi connectivity index (χ3n) is 1.89. The number of hydrogen-bond donors (Lipinski definition) is 2. The maximum absolute atomic E-state index is 11.7. The van der Waals surface area contributed by atoms with Gasteiger partial charge in [0.15, 0.2) is 5.13 Å². The highest BCUT2D eigenvalue weighted by atomic mass is 32.1. The summed E-state index contributed by atoms with van der Waals surface area (Å²) in [6.45, 7) is 4.28. The summed E-state index contributed by atoms with van der Waals surface area (Å²) in [5.74, 6) is -0.0765. The molecule has 0 radical (unpaired) electrons. The van der Waals surface area contributed by atoms with E-state index in [4.69, 9.17) is 10.5 Å². The second kappa shape index (κ2) is 5.27. The van der Waals surface area contributed by atoms with Gasteiger partial charge >= 0.3 is 0 Å². The quantitative estimate of drug-likeness (QED) is 0.802. The van der Waals surface area contributed by atoms with E-state index in [1.165, 1.54) is 11.3 Å². The Labute approximate surface area is 99.0 Å². The molecule has 0 unspecified atom stereocenters. The molecule has 6 heteroatoms. The molecule has 1 aromatic rings. The molecule has 90 valence electrons. The molecule has 0 aromatic carbocycles. The van der Waals surface area contributed by atoms with Crippen LogP contribution in [0.4, 0.5) is 5.13 Å². The minimum atomic E-state index is -0.368. The molecule has 1 aromatic heterocycles. The Morgan fingerprint density at radius 3 is 2.88 bits per heavy atom. The van der Waals surface area contributed by atoms with E-state index in [1.54, 1.807) is 12.5 Å². The summed E-state index contributed by atoms with van der Waals surface area (Å²) in [5, 5.41) is 5.15. The number of nitrogens with one attached hydrogen (secondary N) is 1. The van der Waals surface area contributed by atoms with Crippen molar-refractivity contribution in [2.45, 2.75) is 25.8 Å². The first-order valence-corrected chi connectivity index (χ1v) is 5.81. The highest BCUT2D eigenvalue weighted by Crippen LogP contribution is 2.12. The molecule has 0 fully saturated rings. The van der Waals surface area contributed by atoms with E-state index in [9.17, 15) is 4.79 Å². The van der Waals surface area contributed by atoms with Gasteiger partial charge in [0.25, 0.3) is 0 Å². The zero-order valence-corrected chi connectivity index (χ0v) is 10.6. The molecular weight excluding hydrogens is 226 g/mol. The average molecular weight is 243 g/mol. The molecule has 3 N–H and O–H groups in total. The van der Waals surface area contributed by atoms with Crippen LogP contribution in [0.1, 0.15) is 19.5 Å². The lowest BCUT2D eigenvalue weighted by Crippen LogP contribution is -2.47. The zero-order chi connectivity index (χ0) is 12.2. The molecule has 0 saturated heterocycles. The lowest BCUT2D eigenvalue weighted by molar-refractivity contribution is -0.122. The van der Waals surface area contributed by atoms with Gasteiger partial charge in [-0.25, -0.2) is 4.98 Å². The van der Waals surface area contributed by atoms with Gasteiger partial charge in [0.05, 0.1) is 24.3 Å². The van der Waals surface area contributed by atoms with Crippen molar-refractivity contribution in [3.63, 3.8) is 0 Å². The number of rotatable bonds is 5. The molecule has 0 aliphatic rings. The lowest BCUT2D eigenvalue weighted by Gasteiger charge is -2.25. The van der Waals surface area contributed by atoms with E-state index in [-0.39, 0.29) is 17.9 Å². The van der Waals surface area contributed by atoms with Gasteiger partial charge in [-0.15, -0.1) is 11.3 Å². The number of nitrogens with zero attached hydrogens (tertiary/aromatic N) is 1. The number of aromatic nitrogens is 1. The van der Waals surface area contributed by atoms with Crippen LogP contribution in [0.15, 0.2) is 5.38 Å². The second-order valence-electron chi connectivity index (χ2n) is 4.22. The lowest BCUT2D eigenvalue weighted by atomic mass is 10.1. The van der Waals surface area contributed by atoms with Gasteiger partial charge in [-0.2, -0.15) is 0 Å². The molecule has 16 heavy (non-hydrogen) atoms. The second-order valence-corrected chi connectivity index (χ2v) is 5.11. The standard InChI is InChI=1S/C10H17N3O2S/c1-10(2,6-15-3)13-8(14)4-7-5-16-9(11)12-7/h5H,4,6H2,1-3H3,(H2,11,12)(H,13,14). The number of carbonyl (C=O) groups is 1. The minimum absolute atomic E-state index is 0.0765. The molecule has 0 spiro atoms. The van der Waals surface area contributed by atoms with E-state index >= 15 is 0 Å². The Morgan fingerprint density at radius 2 is 2.38 bits per heavy atom. The maximum Gasteiger partial charge on any atom is 0.226 e. The summed E-state index contributed by atoms with van der Waals surface area (Å²) >= 11 is 1.34. The Balaban J connectivity index is 2.47. The number of methoxy groups -OCH3 is 1. The van der Waals surface area contributed by atoms with Crippen LogP contribution in [0.2, 0.25) is 0 Å². The summed E-state index contributed by atoms with van der Waals surface area (Å²) in [6, 6.07) is 0. The number of anilines is 1. The van der Waals surface area contributed by atoms with Crippen LogP contribution in [-0.4, -0.2) is 30.1 Å². The number of thiazole rings is 1. The fourth-order valence-corrected chi connectivity index (χ4v) is 1.95. The number of hydrogen-bond acceptors (Lipinski definition) is 5. The SMILES string of the molecule is COCC(C)(C)NC(=O)Cc1csc(N)n1. The summed E-state index contributed by atoms with van der Waals surface area (Å²) in [5.41, 5.74) is 5.82. The van der Waals surface area contributed by atoms with E-state index < -0.39 is 0 Å². The van der Waals surface area contributed by atoms with Crippen LogP contribution < -0.4 is 11.1 Å². The molecule has 1 rings (SSSR count). The van der Waals surface area contributed by atoms with Crippen LogP contribution in [0.25, 0.3) is 0 Å². The predicted octanol–water partition coefficient (Wildman–Crippen LogP) is 0.809. The van der Waals surface area contributed by atoms with Crippen molar-refractivity contribution in [3.8, 4) is 0 Å². The molecule has 0 atom stereocenters. The van der Waals surface area contributed by atoms with Gasteiger partial charge in [-0.3, -0.25) is 4.79 Å². The van der Waals surface area contributed by atoms with Crippen LogP contribution in [0, 0.1) is 0 Å². The molecule has 1 heterocycles. The highest BCUT2D eigenvalue weighted by Gasteiger charge is 2.20. The van der Waals surface area contributed by atoms with Crippen molar-refractivity contribution in [1.29, 1.82) is 0 Å². The van der Waals surface area contributed by atoms with Gasteiger partial charge in [0, 0.05) is 12.5 Å². The fourth-order valence-electron chi connectivity index (χ4n) is 1.39. The van der Waals surface area contributed by atoms with Crippen molar-refractivity contribution in [2.75, 3.05) is 19.5 Å². The number of amides is 1. The molecule has 1 amide bonds. The summed E-state index contributed by atoms with van der Waals surface area (Å²) in [7, 11) is 1.61. The van der Waals surface area contributed by atoms with Crippen molar-refractivity contribution in [3.05, 3.63) is 11.1 Å². The highest BCUT2D eigenvalue weighted by molar-refractivity contribution is 7.13. The third-order valence-corrected chi connectivity index (χ3v) is 2.62. The van der Waals surface area contributed by atoms with Crippen LogP contribution in [0.5, 0.6) is 0 Å². The molecule has 0 saturated carbocycles. The smallest absolute Gasteiger partial charge is 0.226 e. The van der Waals surface area contributed by atoms with Crippen LogP contribution in [0.3, 0.4) is 0 Å². The summed E-state index contributed by atoms with van der Waals surface area (Å²) in [4.78, 5) is 15.7.